The second-order valence-electron chi connectivity index (χ2n) is 6.00. The van der Waals surface area contributed by atoms with Gasteiger partial charge in [-0.2, -0.15) is 4.98 Å². The first-order chi connectivity index (χ1) is 14.3. The van der Waals surface area contributed by atoms with E-state index in [9.17, 15) is 8.42 Å². The van der Waals surface area contributed by atoms with Gasteiger partial charge in [0, 0.05) is 22.0 Å². The van der Waals surface area contributed by atoms with Crippen LogP contribution in [0.25, 0.3) is 16.2 Å². The quantitative estimate of drug-likeness (QED) is 0.430. The molecule has 4 aromatic rings. The van der Waals surface area contributed by atoms with E-state index in [1.54, 1.807) is 18.2 Å². The van der Waals surface area contributed by atoms with Gasteiger partial charge in [0.15, 0.2) is 11.5 Å². The fraction of sp³-hybridized carbons (Fsp3) is 0.111. The van der Waals surface area contributed by atoms with E-state index in [-0.39, 0.29) is 10.8 Å². The minimum Gasteiger partial charge on any atom is -0.493 e. The zero-order valence-corrected chi connectivity index (χ0v) is 18.7. The highest BCUT2D eigenvalue weighted by Crippen LogP contribution is 2.34. The molecule has 0 aliphatic carbocycles. The largest absolute Gasteiger partial charge is 0.493 e. The van der Waals surface area contributed by atoms with Crippen LogP contribution in [0.5, 0.6) is 11.5 Å². The summed E-state index contributed by atoms with van der Waals surface area (Å²) >= 11 is 13.6. The van der Waals surface area contributed by atoms with Crippen molar-refractivity contribution in [2.75, 3.05) is 18.9 Å². The summed E-state index contributed by atoms with van der Waals surface area (Å²) < 4.78 is 39.8. The minimum absolute atomic E-state index is 0.0146. The molecule has 0 fully saturated rings. The Balaban J connectivity index is 1.68. The van der Waals surface area contributed by atoms with Gasteiger partial charge >= 0.3 is 0 Å². The average molecular weight is 485 g/mol. The zero-order chi connectivity index (χ0) is 21.5. The second-order valence-corrected chi connectivity index (χ2v) is 9.36. The molecule has 0 saturated carbocycles. The van der Waals surface area contributed by atoms with Crippen LogP contribution in [0.15, 0.2) is 46.7 Å². The van der Waals surface area contributed by atoms with E-state index in [0.717, 1.165) is 0 Å². The normalized spacial score (nSPS) is 11.6. The molecule has 0 aliphatic rings. The lowest BCUT2D eigenvalue weighted by Gasteiger charge is -2.10. The van der Waals surface area contributed by atoms with E-state index in [1.807, 2.05) is 5.38 Å². The summed E-state index contributed by atoms with van der Waals surface area (Å²) in [6.07, 6.45) is 0. The zero-order valence-electron chi connectivity index (χ0n) is 15.6. The van der Waals surface area contributed by atoms with Crippen LogP contribution in [-0.2, 0) is 10.0 Å². The Hall–Kier alpha value is -2.53. The molecular weight excluding hydrogens is 471 g/mol. The predicted molar refractivity (Wildman–Crippen MR) is 117 cm³/mol. The number of benzene rings is 2. The number of nitrogens with zero attached hydrogens (tertiary/aromatic N) is 3. The number of aromatic nitrogens is 3. The molecule has 0 amide bonds. The number of halogens is 2. The first-order valence-electron chi connectivity index (χ1n) is 8.37. The van der Waals surface area contributed by atoms with Crippen LogP contribution in [0.3, 0.4) is 0 Å². The first-order valence-corrected chi connectivity index (χ1v) is 11.5. The van der Waals surface area contributed by atoms with Crippen LogP contribution < -0.4 is 14.2 Å². The summed E-state index contributed by atoms with van der Waals surface area (Å²) in [6, 6.07) is 9.37. The molecular formula is C18H14Cl2N4O4S2. The van der Waals surface area contributed by atoms with Gasteiger partial charge < -0.3 is 9.47 Å². The van der Waals surface area contributed by atoms with Crippen molar-refractivity contribution < 1.29 is 17.9 Å². The fourth-order valence-electron chi connectivity index (χ4n) is 2.77. The van der Waals surface area contributed by atoms with Crippen molar-refractivity contribution in [3.8, 4) is 22.8 Å². The topological polar surface area (TPSA) is 94.8 Å². The van der Waals surface area contributed by atoms with Crippen molar-refractivity contribution >= 4 is 55.5 Å². The summed E-state index contributed by atoms with van der Waals surface area (Å²) in [7, 11) is -1.05. The monoisotopic (exact) mass is 484 g/mol. The van der Waals surface area contributed by atoms with Gasteiger partial charge in [-0.25, -0.2) is 17.7 Å². The maximum Gasteiger partial charge on any atom is 0.264 e. The van der Waals surface area contributed by atoms with E-state index in [2.05, 4.69) is 14.8 Å². The third kappa shape index (κ3) is 3.79. The van der Waals surface area contributed by atoms with Gasteiger partial charge in [-0.3, -0.25) is 0 Å². The number of methoxy groups -OCH3 is 2. The van der Waals surface area contributed by atoms with Crippen molar-refractivity contribution in [2.45, 2.75) is 4.90 Å². The fourth-order valence-corrected chi connectivity index (χ4v) is 5.05. The van der Waals surface area contributed by atoms with Gasteiger partial charge in [-0.1, -0.05) is 23.2 Å². The number of thiazole rings is 1. The summed E-state index contributed by atoms with van der Waals surface area (Å²) in [5.41, 5.74) is 1.37. The van der Waals surface area contributed by atoms with Crippen LogP contribution >= 0.6 is 34.5 Å². The van der Waals surface area contributed by atoms with Gasteiger partial charge in [-0.05, 0) is 30.3 Å². The molecule has 0 aliphatic heterocycles. The summed E-state index contributed by atoms with van der Waals surface area (Å²) in [5.74, 6) is 0.642. The highest BCUT2D eigenvalue weighted by Gasteiger charge is 2.21. The van der Waals surface area contributed by atoms with Crippen LogP contribution in [0.1, 0.15) is 0 Å². The van der Waals surface area contributed by atoms with Gasteiger partial charge in [0.1, 0.15) is 0 Å². The molecule has 0 saturated heterocycles. The Morgan fingerprint density at radius 2 is 1.83 bits per heavy atom. The van der Waals surface area contributed by atoms with Crippen LogP contribution in [-0.4, -0.2) is 37.2 Å². The standard InChI is InChI=1S/C18H14Cl2N4O4S2/c1-27-15-6-4-11(8-16(15)28-2)30(25,26)23-17-21-18-24(22-17)14(9-29-18)12-5-3-10(19)7-13(12)20/h3-9H,1-2H3,(H,22,23). The van der Waals surface area contributed by atoms with Crippen molar-refractivity contribution in [1.82, 2.24) is 14.6 Å². The lowest BCUT2D eigenvalue weighted by molar-refractivity contribution is 0.354. The van der Waals surface area contributed by atoms with Crippen LogP contribution in [0.4, 0.5) is 5.95 Å². The molecule has 0 unspecified atom stereocenters. The number of nitrogens with one attached hydrogen (secondary N) is 1. The maximum atomic E-state index is 12.8. The SMILES string of the molecule is COc1ccc(S(=O)(=O)Nc2nc3scc(-c4ccc(Cl)cc4Cl)n3n2)cc1OC. The number of anilines is 1. The molecule has 156 valence electrons. The van der Waals surface area contributed by atoms with Gasteiger partial charge in [0.25, 0.3) is 16.0 Å². The molecule has 0 spiro atoms. The molecule has 2 aromatic carbocycles. The average Bonchev–Trinajstić information content (AvgIpc) is 3.27. The van der Waals surface area contributed by atoms with E-state index >= 15 is 0 Å². The Kier molecular flexibility index (Phi) is 5.49. The molecule has 8 nitrogen and oxygen atoms in total. The Morgan fingerprint density at radius 1 is 1.07 bits per heavy atom. The molecule has 0 atom stereocenters. The predicted octanol–water partition coefficient (Wildman–Crippen LogP) is 4.58. The van der Waals surface area contributed by atoms with Crippen LogP contribution in [0, 0.1) is 0 Å². The molecule has 0 bridgehead atoms. The second kappa shape index (κ2) is 7.95. The maximum absolute atomic E-state index is 12.8. The highest BCUT2D eigenvalue weighted by molar-refractivity contribution is 7.92. The molecule has 0 radical (unpaired) electrons. The van der Waals surface area contributed by atoms with Gasteiger partial charge in [-0.15, -0.1) is 16.4 Å². The number of rotatable bonds is 6. The minimum atomic E-state index is -3.95. The highest BCUT2D eigenvalue weighted by atomic mass is 35.5. The molecule has 2 aromatic heterocycles. The van der Waals surface area contributed by atoms with Crippen molar-refractivity contribution in [1.29, 1.82) is 0 Å². The number of hydrogen-bond donors (Lipinski definition) is 1. The lowest BCUT2D eigenvalue weighted by Crippen LogP contribution is -2.14. The first kappa shape index (κ1) is 20.7. The Morgan fingerprint density at radius 3 is 2.53 bits per heavy atom. The van der Waals surface area contributed by atoms with E-state index in [1.165, 1.54) is 48.3 Å². The van der Waals surface area contributed by atoms with E-state index in [0.29, 0.717) is 37.8 Å². The number of fused-ring (bicyclic) bond motifs is 1. The third-order valence-electron chi connectivity index (χ3n) is 4.18. The number of hydrogen-bond acceptors (Lipinski definition) is 7. The van der Waals surface area contributed by atoms with Crippen LogP contribution in [0.2, 0.25) is 10.0 Å². The van der Waals surface area contributed by atoms with E-state index in [4.69, 9.17) is 32.7 Å². The number of ether oxygens (including phenoxy) is 2. The third-order valence-corrected chi connectivity index (χ3v) is 6.87. The smallest absolute Gasteiger partial charge is 0.264 e. The van der Waals surface area contributed by atoms with Crippen molar-refractivity contribution in [2.24, 2.45) is 0 Å². The Bertz CT molecular complexity index is 1350. The Labute approximate surface area is 186 Å². The molecule has 4 rings (SSSR count). The number of sulfonamides is 1. The van der Waals surface area contributed by atoms with Crippen molar-refractivity contribution in [3.05, 3.63) is 51.8 Å². The molecule has 30 heavy (non-hydrogen) atoms. The lowest BCUT2D eigenvalue weighted by atomic mass is 10.2. The molecule has 12 heteroatoms. The molecule has 1 N–H and O–H groups in total. The van der Waals surface area contributed by atoms with E-state index < -0.39 is 10.0 Å². The van der Waals surface area contributed by atoms with Gasteiger partial charge in [0.05, 0.1) is 29.8 Å². The summed E-state index contributed by atoms with van der Waals surface area (Å²) in [4.78, 5) is 4.73. The van der Waals surface area contributed by atoms with Gasteiger partial charge in [0.2, 0.25) is 4.96 Å². The molecule has 2 heterocycles. The van der Waals surface area contributed by atoms with Crippen molar-refractivity contribution in [3.63, 3.8) is 0 Å². The summed E-state index contributed by atoms with van der Waals surface area (Å²) in [5, 5.41) is 7.07. The summed E-state index contributed by atoms with van der Waals surface area (Å²) in [6.45, 7) is 0.